The number of nitrogens with one attached hydrogen (secondary N) is 2. The smallest absolute Gasteiger partial charge is 0.238 e. The number of benzene rings is 1. The van der Waals surface area contributed by atoms with Gasteiger partial charge in [-0.25, -0.2) is 0 Å². The summed E-state index contributed by atoms with van der Waals surface area (Å²) in [4.78, 5) is 41.3. The summed E-state index contributed by atoms with van der Waals surface area (Å²) in [5.74, 6) is -0.384. The van der Waals surface area contributed by atoms with Gasteiger partial charge in [-0.3, -0.25) is 19.3 Å². The van der Waals surface area contributed by atoms with E-state index in [2.05, 4.69) is 10.3 Å². The molecule has 1 amide bonds. The van der Waals surface area contributed by atoms with E-state index in [1.54, 1.807) is 25.8 Å². The van der Waals surface area contributed by atoms with Crippen molar-refractivity contribution in [3.05, 3.63) is 52.3 Å². The monoisotopic (exact) mass is 369 g/mol. The average Bonchev–Trinajstić information content (AvgIpc) is 2.89. The van der Waals surface area contributed by atoms with Crippen molar-refractivity contribution in [2.75, 3.05) is 25.5 Å². The van der Waals surface area contributed by atoms with Crippen molar-refractivity contribution in [3.8, 4) is 0 Å². The summed E-state index contributed by atoms with van der Waals surface area (Å²) in [6.45, 7) is 7.25. The second-order valence-corrected chi connectivity index (χ2v) is 6.84. The van der Waals surface area contributed by atoms with Gasteiger partial charge in [0.25, 0.3) is 0 Å². The lowest BCUT2D eigenvalue weighted by molar-refractivity contribution is -0.116. The van der Waals surface area contributed by atoms with E-state index in [-0.39, 0.29) is 30.6 Å². The zero-order valence-corrected chi connectivity index (χ0v) is 16.6. The van der Waals surface area contributed by atoms with Crippen molar-refractivity contribution in [1.29, 1.82) is 0 Å². The molecule has 144 valence electrons. The largest absolute Gasteiger partial charge is 0.355 e. The van der Waals surface area contributed by atoms with Crippen LogP contribution < -0.4 is 5.32 Å². The molecular weight excluding hydrogens is 342 g/mol. The molecule has 0 unspecified atom stereocenters. The summed E-state index contributed by atoms with van der Waals surface area (Å²) in [7, 11) is 1.72. The van der Waals surface area contributed by atoms with Gasteiger partial charge in [0.2, 0.25) is 5.91 Å². The number of aromatic nitrogens is 1. The van der Waals surface area contributed by atoms with Gasteiger partial charge in [-0.2, -0.15) is 0 Å². The molecule has 0 aliphatic heterocycles. The number of carbonyl (C=O) groups is 3. The molecule has 0 bridgehead atoms. The number of ketones is 2. The summed E-state index contributed by atoms with van der Waals surface area (Å²) >= 11 is 0. The quantitative estimate of drug-likeness (QED) is 0.700. The Kier molecular flexibility index (Phi) is 6.69. The molecule has 0 saturated heterocycles. The Balaban J connectivity index is 2.00. The fourth-order valence-electron chi connectivity index (χ4n) is 3.32. The van der Waals surface area contributed by atoms with Crippen molar-refractivity contribution in [3.63, 3.8) is 0 Å². The van der Waals surface area contributed by atoms with Crippen LogP contribution in [0, 0.1) is 13.8 Å². The SMILES string of the molecule is CCc1ccccc1NC(=O)CN(C)CC(=O)c1[nH]c(C)c(C(C)=O)c1C. The minimum atomic E-state index is -0.171. The molecule has 0 radical (unpaired) electrons. The summed E-state index contributed by atoms with van der Waals surface area (Å²) in [6, 6.07) is 7.67. The van der Waals surface area contributed by atoms with Gasteiger partial charge >= 0.3 is 0 Å². The lowest BCUT2D eigenvalue weighted by Gasteiger charge is -2.16. The lowest BCUT2D eigenvalue weighted by atomic mass is 10.1. The first-order valence-corrected chi connectivity index (χ1v) is 9.04. The van der Waals surface area contributed by atoms with E-state index in [1.165, 1.54) is 6.92 Å². The van der Waals surface area contributed by atoms with Crippen LogP contribution in [-0.4, -0.2) is 47.5 Å². The van der Waals surface area contributed by atoms with Crippen LogP contribution >= 0.6 is 0 Å². The highest BCUT2D eigenvalue weighted by Gasteiger charge is 2.21. The maximum atomic E-state index is 12.6. The number of aromatic amines is 1. The van der Waals surface area contributed by atoms with Crippen molar-refractivity contribution in [2.24, 2.45) is 0 Å². The normalized spacial score (nSPS) is 10.9. The molecule has 2 N–H and O–H groups in total. The van der Waals surface area contributed by atoms with E-state index in [4.69, 9.17) is 0 Å². The van der Waals surface area contributed by atoms with Gasteiger partial charge < -0.3 is 10.3 Å². The molecule has 0 saturated carbocycles. The third-order valence-corrected chi connectivity index (χ3v) is 4.57. The summed E-state index contributed by atoms with van der Waals surface area (Å²) in [5, 5.41) is 2.90. The van der Waals surface area contributed by atoms with Crippen molar-refractivity contribution in [2.45, 2.75) is 34.1 Å². The molecule has 1 heterocycles. The number of Topliss-reactive ketones (excluding diaryl/α,β-unsaturated/α-hetero) is 2. The predicted molar refractivity (Wildman–Crippen MR) is 107 cm³/mol. The number of H-pyrrole nitrogens is 1. The number of aryl methyl sites for hydroxylation is 2. The molecule has 0 fully saturated rings. The molecule has 0 atom stereocenters. The molecule has 2 rings (SSSR count). The van der Waals surface area contributed by atoms with E-state index in [1.807, 2.05) is 31.2 Å². The van der Waals surface area contributed by atoms with Crippen LogP contribution in [-0.2, 0) is 11.2 Å². The molecule has 0 aliphatic rings. The van der Waals surface area contributed by atoms with Crippen molar-refractivity contribution in [1.82, 2.24) is 9.88 Å². The van der Waals surface area contributed by atoms with Crippen LogP contribution in [0.4, 0.5) is 5.69 Å². The Hall–Kier alpha value is -2.73. The Bertz CT molecular complexity index is 868. The summed E-state index contributed by atoms with van der Waals surface area (Å²) < 4.78 is 0. The lowest BCUT2D eigenvalue weighted by Crippen LogP contribution is -2.34. The summed E-state index contributed by atoms with van der Waals surface area (Å²) in [6.07, 6.45) is 0.828. The van der Waals surface area contributed by atoms with E-state index in [0.29, 0.717) is 22.5 Å². The number of amides is 1. The van der Waals surface area contributed by atoms with Gasteiger partial charge in [-0.1, -0.05) is 25.1 Å². The van der Waals surface area contributed by atoms with Gasteiger partial charge in [0.05, 0.1) is 18.8 Å². The van der Waals surface area contributed by atoms with Crippen molar-refractivity contribution < 1.29 is 14.4 Å². The molecule has 0 aliphatic carbocycles. The number of rotatable bonds is 8. The maximum absolute atomic E-state index is 12.6. The number of hydrogen-bond acceptors (Lipinski definition) is 4. The molecule has 2 aromatic rings. The minimum Gasteiger partial charge on any atom is -0.355 e. The predicted octanol–water partition coefficient (Wildman–Crippen LogP) is 3.15. The van der Waals surface area contributed by atoms with E-state index in [9.17, 15) is 14.4 Å². The molecular formula is C21H27N3O3. The fraction of sp³-hybridized carbons (Fsp3) is 0.381. The van der Waals surface area contributed by atoms with Crippen LogP contribution in [0.25, 0.3) is 0 Å². The second kappa shape index (κ2) is 8.77. The number of nitrogens with zero attached hydrogens (tertiary/aromatic N) is 1. The molecule has 6 nitrogen and oxygen atoms in total. The standard InChI is InChI=1S/C21H27N3O3/c1-6-16-9-7-8-10-17(16)23-19(27)12-24(5)11-18(26)21-13(2)20(15(4)25)14(3)22-21/h7-10,22H,6,11-12H2,1-5H3,(H,23,27). The molecule has 1 aromatic heterocycles. The van der Waals surface area contributed by atoms with Gasteiger partial charge in [-0.15, -0.1) is 0 Å². The molecule has 27 heavy (non-hydrogen) atoms. The number of para-hydroxylation sites is 1. The first kappa shape index (κ1) is 20.6. The second-order valence-electron chi connectivity index (χ2n) is 6.84. The van der Waals surface area contributed by atoms with E-state index < -0.39 is 0 Å². The average molecular weight is 369 g/mol. The van der Waals surface area contributed by atoms with Gasteiger partial charge in [0.1, 0.15) is 0 Å². The summed E-state index contributed by atoms with van der Waals surface area (Å²) in [5.41, 5.74) is 4.22. The van der Waals surface area contributed by atoms with Crippen LogP contribution in [0.1, 0.15) is 51.5 Å². The molecule has 1 aromatic carbocycles. The Morgan fingerprint density at radius 3 is 2.37 bits per heavy atom. The zero-order valence-electron chi connectivity index (χ0n) is 16.6. The maximum Gasteiger partial charge on any atom is 0.238 e. The Labute approximate surface area is 160 Å². The van der Waals surface area contributed by atoms with Crippen LogP contribution in [0.2, 0.25) is 0 Å². The zero-order chi connectivity index (χ0) is 20.1. The molecule has 6 heteroatoms. The highest BCUT2D eigenvalue weighted by molar-refractivity contribution is 6.04. The minimum absolute atomic E-state index is 0.0670. The number of hydrogen-bond donors (Lipinski definition) is 2. The third kappa shape index (κ3) is 4.92. The Morgan fingerprint density at radius 1 is 1.11 bits per heavy atom. The van der Waals surface area contributed by atoms with Crippen LogP contribution in [0.3, 0.4) is 0 Å². The van der Waals surface area contributed by atoms with Gasteiger partial charge in [0.15, 0.2) is 11.6 Å². The van der Waals surface area contributed by atoms with Gasteiger partial charge in [-0.05, 0) is 51.4 Å². The molecule has 0 spiro atoms. The highest BCUT2D eigenvalue weighted by atomic mass is 16.2. The first-order chi connectivity index (χ1) is 12.7. The highest BCUT2D eigenvalue weighted by Crippen LogP contribution is 2.19. The van der Waals surface area contributed by atoms with Crippen LogP contribution in [0.5, 0.6) is 0 Å². The van der Waals surface area contributed by atoms with E-state index >= 15 is 0 Å². The van der Waals surface area contributed by atoms with Gasteiger partial charge in [0, 0.05) is 16.9 Å². The van der Waals surface area contributed by atoms with Crippen LogP contribution in [0.15, 0.2) is 24.3 Å². The van der Waals surface area contributed by atoms with E-state index in [0.717, 1.165) is 17.7 Å². The number of likely N-dealkylation sites (N-methyl/N-ethyl adjacent to an activating group) is 1. The first-order valence-electron chi connectivity index (χ1n) is 9.04. The Morgan fingerprint density at radius 2 is 1.78 bits per heavy atom. The number of anilines is 1. The fourth-order valence-corrected chi connectivity index (χ4v) is 3.32. The topological polar surface area (TPSA) is 82.3 Å². The van der Waals surface area contributed by atoms with Crippen molar-refractivity contribution >= 4 is 23.2 Å². The number of carbonyl (C=O) groups excluding carboxylic acids is 3. The third-order valence-electron chi connectivity index (χ3n) is 4.57.